The van der Waals surface area contributed by atoms with E-state index in [0.29, 0.717) is 0 Å². The van der Waals surface area contributed by atoms with Crippen LogP contribution in [0.25, 0.3) is 0 Å². The third-order valence-corrected chi connectivity index (χ3v) is 1.42. The molecule has 0 aliphatic carbocycles. The van der Waals surface area contributed by atoms with Gasteiger partial charge in [-0.25, -0.2) is 0 Å². The number of rotatable bonds is 0. The molecule has 1 atom stereocenters. The Morgan fingerprint density at radius 1 is 1.27 bits per heavy atom. The maximum atomic E-state index is 3.36. The molecule has 0 aliphatic rings. The van der Waals surface area contributed by atoms with E-state index >= 15 is 0 Å². The predicted molar refractivity (Wildman–Crippen MR) is 51.7 cm³/mol. The SMILES string of the molecule is C[C@@H](Br)C#Cc1ccccc1. The Bertz CT molecular complexity index is 264. The molecule has 56 valence electrons. The van der Waals surface area contributed by atoms with Crippen molar-refractivity contribution in [2.24, 2.45) is 0 Å². The van der Waals surface area contributed by atoms with Gasteiger partial charge in [0.25, 0.3) is 0 Å². The highest BCUT2D eigenvalue weighted by Gasteiger charge is 1.84. The van der Waals surface area contributed by atoms with Crippen molar-refractivity contribution in [1.29, 1.82) is 0 Å². The lowest BCUT2D eigenvalue weighted by Gasteiger charge is -1.87. The first-order valence-electron chi connectivity index (χ1n) is 3.49. The maximum Gasteiger partial charge on any atom is 0.0730 e. The third-order valence-electron chi connectivity index (χ3n) is 1.19. The molecule has 0 bridgehead atoms. The van der Waals surface area contributed by atoms with Gasteiger partial charge < -0.3 is 0 Å². The van der Waals surface area contributed by atoms with E-state index in [0.717, 1.165) is 5.56 Å². The van der Waals surface area contributed by atoms with E-state index in [1.807, 2.05) is 37.3 Å². The average molecular weight is 209 g/mol. The molecular formula is C10H9Br. The zero-order chi connectivity index (χ0) is 8.10. The van der Waals surface area contributed by atoms with Crippen molar-refractivity contribution >= 4 is 15.9 Å². The normalized spacial score (nSPS) is 11.5. The molecule has 0 unspecified atom stereocenters. The van der Waals surface area contributed by atoms with Gasteiger partial charge >= 0.3 is 0 Å². The Hall–Kier alpha value is -0.740. The lowest BCUT2D eigenvalue weighted by Crippen LogP contribution is -1.81. The smallest absolute Gasteiger partial charge is 0.0730 e. The van der Waals surface area contributed by atoms with Gasteiger partial charge in [-0.05, 0) is 19.1 Å². The van der Waals surface area contributed by atoms with Gasteiger partial charge in [0.05, 0.1) is 4.83 Å². The highest BCUT2D eigenvalue weighted by Crippen LogP contribution is 1.97. The molecule has 0 N–H and O–H groups in total. The molecule has 1 rings (SSSR count). The minimum absolute atomic E-state index is 0.266. The van der Waals surface area contributed by atoms with Gasteiger partial charge in [-0.2, -0.15) is 0 Å². The van der Waals surface area contributed by atoms with Crippen molar-refractivity contribution in [3.05, 3.63) is 35.9 Å². The molecule has 0 nitrogen and oxygen atoms in total. The molecule has 0 heterocycles. The fourth-order valence-electron chi connectivity index (χ4n) is 0.704. The van der Waals surface area contributed by atoms with Crippen LogP contribution in [-0.2, 0) is 0 Å². The van der Waals surface area contributed by atoms with Crippen LogP contribution < -0.4 is 0 Å². The van der Waals surface area contributed by atoms with Crippen LogP contribution >= 0.6 is 15.9 Å². The van der Waals surface area contributed by atoms with Crippen LogP contribution in [0.5, 0.6) is 0 Å². The number of benzene rings is 1. The molecule has 0 spiro atoms. The molecular weight excluding hydrogens is 200 g/mol. The van der Waals surface area contributed by atoms with Gasteiger partial charge in [-0.1, -0.05) is 46.0 Å². The topological polar surface area (TPSA) is 0 Å². The van der Waals surface area contributed by atoms with Gasteiger partial charge in [-0.15, -0.1) is 0 Å². The molecule has 0 saturated heterocycles. The van der Waals surface area contributed by atoms with Crippen LogP contribution in [-0.4, -0.2) is 4.83 Å². The zero-order valence-corrected chi connectivity index (χ0v) is 7.93. The van der Waals surface area contributed by atoms with Crippen molar-refractivity contribution in [2.45, 2.75) is 11.8 Å². The maximum absolute atomic E-state index is 3.36. The summed E-state index contributed by atoms with van der Waals surface area (Å²) in [5, 5.41) is 0. The summed E-state index contributed by atoms with van der Waals surface area (Å²) in [6.45, 7) is 2.01. The molecule has 0 fully saturated rings. The summed E-state index contributed by atoms with van der Waals surface area (Å²) >= 11 is 3.36. The first kappa shape index (κ1) is 8.36. The van der Waals surface area contributed by atoms with E-state index in [-0.39, 0.29) is 4.83 Å². The molecule has 0 radical (unpaired) electrons. The standard InChI is InChI=1S/C10H9Br/c1-9(11)7-8-10-5-3-2-4-6-10/h2-6,9H,1H3/t9-/m1/s1. The van der Waals surface area contributed by atoms with Crippen LogP contribution in [0.1, 0.15) is 12.5 Å². The second-order valence-electron chi connectivity index (χ2n) is 2.25. The molecule has 11 heavy (non-hydrogen) atoms. The highest BCUT2D eigenvalue weighted by molar-refractivity contribution is 9.09. The summed E-state index contributed by atoms with van der Waals surface area (Å²) in [5.74, 6) is 6.08. The monoisotopic (exact) mass is 208 g/mol. The summed E-state index contributed by atoms with van der Waals surface area (Å²) in [5.41, 5.74) is 1.07. The Balaban J connectivity index is 2.75. The Morgan fingerprint density at radius 3 is 2.45 bits per heavy atom. The van der Waals surface area contributed by atoms with Crippen LogP contribution in [0.2, 0.25) is 0 Å². The summed E-state index contributed by atoms with van der Waals surface area (Å²) in [7, 11) is 0. The average Bonchev–Trinajstić information content (AvgIpc) is 2.03. The second-order valence-corrected chi connectivity index (χ2v) is 3.62. The van der Waals surface area contributed by atoms with E-state index in [4.69, 9.17) is 0 Å². The number of halogens is 1. The van der Waals surface area contributed by atoms with Crippen molar-refractivity contribution in [3.8, 4) is 11.8 Å². The van der Waals surface area contributed by atoms with Crippen LogP contribution in [0.4, 0.5) is 0 Å². The van der Waals surface area contributed by atoms with Crippen molar-refractivity contribution in [3.63, 3.8) is 0 Å². The molecule has 1 aromatic carbocycles. The fourth-order valence-corrected chi connectivity index (χ4v) is 0.819. The first-order valence-corrected chi connectivity index (χ1v) is 4.41. The van der Waals surface area contributed by atoms with E-state index in [1.54, 1.807) is 0 Å². The molecule has 0 aliphatic heterocycles. The van der Waals surface area contributed by atoms with Crippen LogP contribution in [0.3, 0.4) is 0 Å². The predicted octanol–water partition coefficient (Wildman–Crippen LogP) is 2.82. The Labute approximate surface area is 75.8 Å². The van der Waals surface area contributed by atoms with Crippen LogP contribution in [0, 0.1) is 11.8 Å². The molecule has 0 amide bonds. The van der Waals surface area contributed by atoms with Crippen molar-refractivity contribution < 1.29 is 0 Å². The third kappa shape index (κ3) is 3.25. The van der Waals surface area contributed by atoms with Gasteiger partial charge in [0, 0.05) is 5.56 Å². The summed E-state index contributed by atoms with van der Waals surface area (Å²) in [4.78, 5) is 0.266. The molecule has 1 aromatic rings. The Morgan fingerprint density at radius 2 is 1.91 bits per heavy atom. The Kier molecular flexibility index (Phi) is 3.19. The highest BCUT2D eigenvalue weighted by atomic mass is 79.9. The number of hydrogen-bond donors (Lipinski definition) is 0. The van der Waals surface area contributed by atoms with Gasteiger partial charge in [-0.3, -0.25) is 0 Å². The molecule has 0 saturated carbocycles. The van der Waals surface area contributed by atoms with Gasteiger partial charge in [0.2, 0.25) is 0 Å². The van der Waals surface area contributed by atoms with Gasteiger partial charge in [0.15, 0.2) is 0 Å². The summed E-state index contributed by atoms with van der Waals surface area (Å²) in [6, 6.07) is 9.97. The molecule has 1 heteroatoms. The lowest BCUT2D eigenvalue weighted by molar-refractivity contribution is 1.33. The van der Waals surface area contributed by atoms with Crippen molar-refractivity contribution in [2.75, 3.05) is 0 Å². The van der Waals surface area contributed by atoms with E-state index in [1.165, 1.54) is 0 Å². The second kappa shape index (κ2) is 4.20. The molecule has 0 aromatic heterocycles. The minimum atomic E-state index is 0.266. The van der Waals surface area contributed by atoms with E-state index < -0.39 is 0 Å². The lowest BCUT2D eigenvalue weighted by atomic mass is 10.2. The number of alkyl halides is 1. The fraction of sp³-hybridized carbons (Fsp3) is 0.200. The van der Waals surface area contributed by atoms with Crippen LogP contribution in [0.15, 0.2) is 30.3 Å². The number of hydrogen-bond acceptors (Lipinski definition) is 0. The first-order chi connectivity index (χ1) is 5.29. The minimum Gasteiger partial charge on any atom is -0.0832 e. The largest absolute Gasteiger partial charge is 0.0832 e. The van der Waals surface area contributed by atoms with E-state index in [2.05, 4.69) is 27.8 Å². The van der Waals surface area contributed by atoms with Gasteiger partial charge in [0.1, 0.15) is 0 Å². The summed E-state index contributed by atoms with van der Waals surface area (Å²) < 4.78 is 0. The van der Waals surface area contributed by atoms with E-state index in [9.17, 15) is 0 Å². The zero-order valence-electron chi connectivity index (χ0n) is 6.34. The quantitative estimate of drug-likeness (QED) is 0.455. The summed E-state index contributed by atoms with van der Waals surface area (Å²) in [6.07, 6.45) is 0. The van der Waals surface area contributed by atoms with Crippen molar-refractivity contribution in [1.82, 2.24) is 0 Å².